The van der Waals surface area contributed by atoms with Gasteiger partial charge in [-0.3, -0.25) is 0 Å². The van der Waals surface area contributed by atoms with Crippen LogP contribution in [0.15, 0.2) is 18.2 Å². The van der Waals surface area contributed by atoms with Crippen molar-refractivity contribution >= 4 is 32.5 Å². The molecule has 0 spiro atoms. The summed E-state index contributed by atoms with van der Waals surface area (Å²) in [5, 5.41) is 4.01. The zero-order valence-electron chi connectivity index (χ0n) is 16.5. The summed E-state index contributed by atoms with van der Waals surface area (Å²) in [6, 6.07) is 5.61. The van der Waals surface area contributed by atoms with Crippen LogP contribution in [0.2, 0.25) is 0 Å². The van der Waals surface area contributed by atoms with Crippen LogP contribution in [0.4, 0.5) is 10.9 Å². The van der Waals surface area contributed by atoms with Crippen molar-refractivity contribution in [2.75, 3.05) is 51.3 Å². The van der Waals surface area contributed by atoms with Crippen molar-refractivity contribution in [2.24, 2.45) is 0 Å². The van der Waals surface area contributed by atoms with Gasteiger partial charge in [0.15, 0.2) is 5.13 Å². The standard InChI is InChI=1S/C18H25N5O4S2/c1-13-14(2)28-18(19-13)21-17-5-3-4-15(20-17)16-12-23(8-11-27-16)29(24,25)22-6-9-26-10-7-22/h3-5,16H,6-12H2,1-2H3,(H,19,20,21)/t16-/m0/s1. The first-order valence-electron chi connectivity index (χ1n) is 9.56. The van der Waals surface area contributed by atoms with Crippen molar-refractivity contribution in [1.29, 1.82) is 0 Å². The van der Waals surface area contributed by atoms with Gasteiger partial charge in [-0.25, -0.2) is 9.97 Å². The van der Waals surface area contributed by atoms with E-state index in [1.807, 2.05) is 32.0 Å². The third-order valence-corrected chi connectivity index (χ3v) is 8.01. The Morgan fingerprint density at radius 3 is 2.59 bits per heavy atom. The van der Waals surface area contributed by atoms with E-state index in [4.69, 9.17) is 9.47 Å². The Morgan fingerprint density at radius 1 is 1.10 bits per heavy atom. The maximum atomic E-state index is 13.0. The van der Waals surface area contributed by atoms with Crippen molar-refractivity contribution < 1.29 is 17.9 Å². The molecule has 2 saturated heterocycles. The van der Waals surface area contributed by atoms with Gasteiger partial charge < -0.3 is 14.8 Å². The van der Waals surface area contributed by atoms with Crippen molar-refractivity contribution in [2.45, 2.75) is 20.0 Å². The van der Waals surface area contributed by atoms with Gasteiger partial charge in [0.25, 0.3) is 10.2 Å². The number of hydrogen-bond acceptors (Lipinski definition) is 8. The summed E-state index contributed by atoms with van der Waals surface area (Å²) in [6.07, 6.45) is -0.416. The van der Waals surface area contributed by atoms with Crippen LogP contribution < -0.4 is 5.32 Å². The highest BCUT2D eigenvalue weighted by Crippen LogP contribution is 2.27. The monoisotopic (exact) mass is 439 g/mol. The molecule has 2 aromatic heterocycles. The number of aromatic nitrogens is 2. The van der Waals surface area contributed by atoms with E-state index in [9.17, 15) is 8.42 Å². The first kappa shape index (κ1) is 20.6. The summed E-state index contributed by atoms with van der Waals surface area (Å²) in [5.74, 6) is 0.660. The third-order valence-electron chi connectivity index (χ3n) is 5.02. The number of thiazole rings is 1. The number of nitrogens with one attached hydrogen (secondary N) is 1. The predicted molar refractivity (Wildman–Crippen MR) is 111 cm³/mol. The highest BCUT2D eigenvalue weighted by Gasteiger charge is 2.35. The van der Waals surface area contributed by atoms with Crippen LogP contribution in [0.3, 0.4) is 0 Å². The summed E-state index contributed by atoms with van der Waals surface area (Å²) in [6.45, 7) is 6.54. The van der Waals surface area contributed by atoms with E-state index in [2.05, 4.69) is 15.3 Å². The maximum Gasteiger partial charge on any atom is 0.282 e. The molecular formula is C18H25N5O4S2. The average Bonchev–Trinajstić information content (AvgIpc) is 3.05. The van der Waals surface area contributed by atoms with E-state index in [1.165, 1.54) is 8.61 Å². The van der Waals surface area contributed by atoms with Gasteiger partial charge in [0.2, 0.25) is 0 Å². The molecule has 2 aliphatic heterocycles. The minimum Gasteiger partial charge on any atom is -0.379 e. The van der Waals surface area contributed by atoms with Crippen molar-refractivity contribution in [3.63, 3.8) is 0 Å². The minimum atomic E-state index is -3.53. The topological polar surface area (TPSA) is 96.9 Å². The molecule has 0 unspecified atom stereocenters. The molecule has 0 amide bonds. The number of anilines is 2. The Morgan fingerprint density at radius 2 is 1.86 bits per heavy atom. The third kappa shape index (κ3) is 4.60. The molecule has 2 aliphatic rings. The van der Waals surface area contributed by atoms with Crippen LogP contribution in [0.25, 0.3) is 0 Å². The van der Waals surface area contributed by atoms with Gasteiger partial charge >= 0.3 is 0 Å². The van der Waals surface area contributed by atoms with Crippen molar-refractivity contribution in [1.82, 2.24) is 18.6 Å². The Kier molecular flexibility index (Phi) is 6.13. The predicted octanol–water partition coefficient (Wildman–Crippen LogP) is 1.85. The van der Waals surface area contributed by atoms with Gasteiger partial charge in [-0.1, -0.05) is 6.07 Å². The fraction of sp³-hybridized carbons (Fsp3) is 0.556. The van der Waals surface area contributed by atoms with Crippen LogP contribution >= 0.6 is 11.3 Å². The Bertz CT molecular complexity index is 939. The number of rotatable bonds is 5. The van der Waals surface area contributed by atoms with E-state index < -0.39 is 16.3 Å². The fourth-order valence-corrected chi connectivity index (χ4v) is 5.68. The maximum absolute atomic E-state index is 13.0. The first-order chi connectivity index (χ1) is 13.9. The molecule has 0 aliphatic carbocycles. The summed E-state index contributed by atoms with van der Waals surface area (Å²) in [7, 11) is -3.53. The number of morpholine rings is 2. The second-order valence-electron chi connectivity index (χ2n) is 6.97. The summed E-state index contributed by atoms with van der Waals surface area (Å²) in [5.41, 5.74) is 1.69. The molecule has 0 radical (unpaired) electrons. The lowest BCUT2D eigenvalue weighted by atomic mass is 10.2. The van der Waals surface area contributed by atoms with Crippen LogP contribution in [0.5, 0.6) is 0 Å². The normalized spacial score (nSPS) is 21.9. The van der Waals surface area contributed by atoms with E-state index >= 15 is 0 Å². The van der Waals surface area contributed by atoms with Crippen molar-refractivity contribution in [3.05, 3.63) is 34.5 Å². The van der Waals surface area contributed by atoms with E-state index in [0.717, 1.165) is 15.7 Å². The quantitative estimate of drug-likeness (QED) is 0.759. The molecule has 1 N–H and O–H groups in total. The number of aryl methyl sites for hydroxylation is 2. The molecule has 0 saturated carbocycles. The molecule has 11 heteroatoms. The molecule has 4 rings (SSSR count). The van der Waals surface area contributed by atoms with Gasteiger partial charge in [0.1, 0.15) is 11.9 Å². The molecule has 0 aromatic carbocycles. The second kappa shape index (κ2) is 8.62. The second-order valence-corrected chi connectivity index (χ2v) is 10.1. The number of pyridine rings is 1. The zero-order chi connectivity index (χ0) is 20.4. The van der Waals surface area contributed by atoms with Crippen LogP contribution in [-0.4, -0.2) is 73.0 Å². The lowest BCUT2D eigenvalue weighted by molar-refractivity contribution is -0.00837. The van der Waals surface area contributed by atoms with Crippen LogP contribution in [0.1, 0.15) is 22.4 Å². The van der Waals surface area contributed by atoms with Gasteiger partial charge in [0.05, 0.1) is 31.2 Å². The van der Waals surface area contributed by atoms with E-state index in [-0.39, 0.29) is 6.54 Å². The number of ether oxygens (including phenoxy) is 2. The molecular weight excluding hydrogens is 414 g/mol. The molecule has 4 heterocycles. The molecule has 0 bridgehead atoms. The zero-order valence-corrected chi connectivity index (χ0v) is 18.1. The molecule has 1 atom stereocenters. The first-order valence-corrected chi connectivity index (χ1v) is 11.8. The lowest BCUT2D eigenvalue weighted by Gasteiger charge is -2.36. The lowest BCUT2D eigenvalue weighted by Crippen LogP contribution is -2.52. The Hall–Kier alpha value is -1.63. The SMILES string of the molecule is Cc1nc(Nc2cccc([C@@H]3CN(S(=O)(=O)N4CCOCC4)CCO3)n2)sc1C. The van der Waals surface area contributed by atoms with Gasteiger partial charge in [0, 0.05) is 31.1 Å². The van der Waals surface area contributed by atoms with Gasteiger partial charge in [-0.15, -0.1) is 11.3 Å². The molecule has 2 aromatic rings. The highest BCUT2D eigenvalue weighted by molar-refractivity contribution is 7.86. The van der Waals surface area contributed by atoms with E-state index in [0.29, 0.717) is 51.0 Å². The average molecular weight is 440 g/mol. The Labute approximate surface area is 174 Å². The van der Waals surface area contributed by atoms with E-state index in [1.54, 1.807) is 11.3 Å². The summed E-state index contributed by atoms with van der Waals surface area (Å²) in [4.78, 5) is 10.3. The molecule has 158 valence electrons. The van der Waals surface area contributed by atoms with Crippen LogP contribution in [0, 0.1) is 13.8 Å². The number of hydrogen-bond donors (Lipinski definition) is 1. The van der Waals surface area contributed by atoms with Gasteiger partial charge in [-0.05, 0) is 26.0 Å². The molecule has 9 nitrogen and oxygen atoms in total. The largest absolute Gasteiger partial charge is 0.379 e. The van der Waals surface area contributed by atoms with Gasteiger partial charge in [-0.2, -0.15) is 17.0 Å². The minimum absolute atomic E-state index is 0.242. The van der Waals surface area contributed by atoms with Crippen molar-refractivity contribution in [3.8, 4) is 0 Å². The fourth-order valence-electron chi connectivity index (χ4n) is 3.29. The smallest absolute Gasteiger partial charge is 0.282 e. The summed E-state index contributed by atoms with van der Waals surface area (Å²) < 4.78 is 40.0. The van der Waals surface area contributed by atoms with Crippen LogP contribution in [-0.2, 0) is 19.7 Å². The molecule has 2 fully saturated rings. The number of nitrogens with zero attached hydrogens (tertiary/aromatic N) is 4. The Balaban J connectivity index is 1.48. The molecule has 29 heavy (non-hydrogen) atoms. The summed E-state index contributed by atoms with van der Waals surface area (Å²) >= 11 is 1.57. The highest BCUT2D eigenvalue weighted by atomic mass is 32.2.